The molecule has 1 aromatic rings. The van der Waals surface area contributed by atoms with E-state index in [9.17, 15) is 4.79 Å². The fourth-order valence-corrected chi connectivity index (χ4v) is 1.98. The lowest BCUT2D eigenvalue weighted by molar-refractivity contribution is 0.0938. The Morgan fingerprint density at radius 1 is 1.22 bits per heavy atom. The predicted octanol–water partition coefficient (Wildman–Crippen LogP) is 4.43. The monoisotopic (exact) mass is 267 g/mol. The SMILES string of the molecule is CCCCCCC(C)NC(=O)c1ccc(Cl)cc1. The summed E-state index contributed by atoms with van der Waals surface area (Å²) in [6.07, 6.45) is 5.98. The summed E-state index contributed by atoms with van der Waals surface area (Å²) in [5.74, 6) is -0.0188. The van der Waals surface area contributed by atoms with Crippen molar-refractivity contribution < 1.29 is 4.79 Å². The molecule has 0 saturated heterocycles. The molecule has 1 atom stereocenters. The lowest BCUT2D eigenvalue weighted by atomic mass is 10.1. The van der Waals surface area contributed by atoms with Crippen molar-refractivity contribution >= 4 is 17.5 Å². The van der Waals surface area contributed by atoms with Crippen molar-refractivity contribution in [2.45, 2.75) is 52.0 Å². The van der Waals surface area contributed by atoms with Gasteiger partial charge in [0.1, 0.15) is 0 Å². The zero-order valence-corrected chi connectivity index (χ0v) is 12.0. The van der Waals surface area contributed by atoms with Gasteiger partial charge < -0.3 is 5.32 Å². The maximum Gasteiger partial charge on any atom is 0.251 e. The van der Waals surface area contributed by atoms with Gasteiger partial charge in [-0.25, -0.2) is 0 Å². The lowest BCUT2D eigenvalue weighted by Gasteiger charge is -2.13. The quantitative estimate of drug-likeness (QED) is 0.728. The Morgan fingerprint density at radius 3 is 2.50 bits per heavy atom. The Morgan fingerprint density at radius 2 is 1.89 bits per heavy atom. The molecule has 1 N–H and O–H groups in total. The van der Waals surface area contributed by atoms with E-state index in [-0.39, 0.29) is 11.9 Å². The van der Waals surface area contributed by atoms with Crippen LogP contribution in [-0.2, 0) is 0 Å². The van der Waals surface area contributed by atoms with Crippen LogP contribution in [0.5, 0.6) is 0 Å². The Bertz CT molecular complexity index is 361. The average molecular weight is 268 g/mol. The van der Waals surface area contributed by atoms with E-state index in [0.29, 0.717) is 10.6 Å². The number of hydrogen-bond donors (Lipinski definition) is 1. The molecule has 18 heavy (non-hydrogen) atoms. The third-order valence-electron chi connectivity index (χ3n) is 2.97. The predicted molar refractivity (Wildman–Crippen MR) is 77.1 cm³/mol. The molecule has 0 spiro atoms. The van der Waals surface area contributed by atoms with Gasteiger partial charge in [0, 0.05) is 16.6 Å². The summed E-state index contributed by atoms with van der Waals surface area (Å²) in [6, 6.07) is 7.21. The van der Waals surface area contributed by atoms with E-state index >= 15 is 0 Å². The summed E-state index contributed by atoms with van der Waals surface area (Å²) >= 11 is 5.79. The molecular weight excluding hydrogens is 246 g/mol. The van der Waals surface area contributed by atoms with Crippen LogP contribution in [0.15, 0.2) is 24.3 Å². The summed E-state index contributed by atoms with van der Waals surface area (Å²) in [6.45, 7) is 4.26. The van der Waals surface area contributed by atoms with Crippen molar-refractivity contribution in [1.82, 2.24) is 5.32 Å². The molecular formula is C15H22ClNO. The number of nitrogens with one attached hydrogen (secondary N) is 1. The van der Waals surface area contributed by atoms with Gasteiger partial charge in [0.15, 0.2) is 0 Å². The van der Waals surface area contributed by atoms with Crippen molar-refractivity contribution in [2.24, 2.45) is 0 Å². The number of hydrogen-bond acceptors (Lipinski definition) is 1. The molecule has 0 fully saturated rings. The second kappa shape index (κ2) is 8.15. The second-order valence-corrected chi connectivity index (χ2v) is 5.17. The zero-order chi connectivity index (χ0) is 13.4. The lowest BCUT2D eigenvalue weighted by Crippen LogP contribution is -2.32. The third-order valence-corrected chi connectivity index (χ3v) is 3.23. The largest absolute Gasteiger partial charge is 0.350 e. The summed E-state index contributed by atoms with van der Waals surface area (Å²) in [5, 5.41) is 3.66. The maximum absolute atomic E-state index is 11.9. The molecule has 0 aliphatic heterocycles. The third kappa shape index (κ3) is 5.54. The van der Waals surface area contributed by atoms with E-state index in [4.69, 9.17) is 11.6 Å². The molecule has 0 aliphatic carbocycles. The van der Waals surface area contributed by atoms with Gasteiger partial charge in [-0.05, 0) is 37.6 Å². The molecule has 3 heteroatoms. The summed E-state index contributed by atoms with van der Waals surface area (Å²) < 4.78 is 0. The minimum Gasteiger partial charge on any atom is -0.350 e. The smallest absolute Gasteiger partial charge is 0.251 e. The number of unbranched alkanes of at least 4 members (excludes halogenated alkanes) is 3. The maximum atomic E-state index is 11.9. The van der Waals surface area contributed by atoms with Gasteiger partial charge in [0.2, 0.25) is 0 Å². The highest BCUT2D eigenvalue weighted by Crippen LogP contribution is 2.10. The number of amides is 1. The first-order chi connectivity index (χ1) is 8.63. The van der Waals surface area contributed by atoms with Gasteiger partial charge in [0.05, 0.1) is 0 Å². The molecule has 1 aromatic carbocycles. The number of benzene rings is 1. The molecule has 100 valence electrons. The van der Waals surface area contributed by atoms with Gasteiger partial charge in [-0.2, -0.15) is 0 Å². The van der Waals surface area contributed by atoms with Crippen LogP contribution in [0.4, 0.5) is 0 Å². The van der Waals surface area contributed by atoms with Crippen LogP contribution in [0.25, 0.3) is 0 Å². The second-order valence-electron chi connectivity index (χ2n) is 4.73. The molecule has 2 nitrogen and oxygen atoms in total. The minimum absolute atomic E-state index is 0.0188. The van der Waals surface area contributed by atoms with Crippen molar-refractivity contribution in [3.05, 3.63) is 34.9 Å². The fourth-order valence-electron chi connectivity index (χ4n) is 1.86. The Kier molecular flexibility index (Phi) is 6.81. The summed E-state index contributed by atoms with van der Waals surface area (Å²) in [7, 11) is 0. The minimum atomic E-state index is -0.0188. The van der Waals surface area contributed by atoms with Crippen LogP contribution in [0.3, 0.4) is 0 Å². The Labute approximate surface area is 115 Å². The first-order valence-electron chi connectivity index (χ1n) is 6.70. The van der Waals surface area contributed by atoms with Crippen molar-refractivity contribution in [2.75, 3.05) is 0 Å². The van der Waals surface area contributed by atoms with E-state index in [1.807, 2.05) is 0 Å². The Balaban J connectivity index is 2.33. The van der Waals surface area contributed by atoms with E-state index in [2.05, 4.69) is 19.2 Å². The van der Waals surface area contributed by atoms with Gasteiger partial charge in [-0.3, -0.25) is 4.79 Å². The van der Waals surface area contributed by atoms with Crippen LogP contribution in [0.1, 0.15) is 56.3 Å². The highest BCUT2D eigenvalue weighted by molar-refractivity contribution is 6.30. The normalized spacial score (nSPS) is 12.2. The molecule has 0 heterocycles. The molecule has 0 aliphatic rings. The first-order valence-corrected chi connectivity index (χ1v) is 7.07. The summed E-state index contributed by atoms with van der Waals surface area (Å²) in [4.78, 5) is 11.9. The summed E-state index contributed by atoms with van der Waals surface area (Å²) in [5.41, 5.74) is 0.666. The van der Waals surface area contributed by atoms with Crippen LogP contribution in [0, 0.1) is 0 Å². The molecule has 1 rings (SSSR count). The molecule has 0 saturated carbocycles. The molecule has 0 aromatic heterocycles. The Hall–Kier alpha value is -1.02. The standard InChI is InChI=1S/C15H22ClNO/c1-3-4-5-6-7-12(2)17-15(18)13-8-10-14(16)11-9-13/h8-12H,3-7H2,1-2H3,(H,17,18). The fraction of sp³-hybridized carbons (Fsp3) is 0.533. The highest BCUT2D eigenvalue weighted by Gasteiger charge is 2.09. The topological polar surface area (TPSA) is 29.1 Å². The van der Waals surface area contributed by atoms with Crippen molar-refractivity contribution in [1.29, 1.82) is 0 Å². The van der Waals surface area contributed by atoms with E-state index in [1.54, 1.807) is 24.3 Å². The average Bonchev–Trinajstić information content (AvgIpc) is 2.35. The van der Waals surface area contributed by atoms with E-state index in [0.717, 1.165) is 6.42 Å². The number of carbonyl (C=O) groups is 1. The molecule has 0 radical (unpaired) electrons. The van der Waals surface area contributed by atoms with Crippen molar-refractivity contribution in [3.8, 4) is 0 Å². The highest BCUT2D eigenvalue weighted by atomic mass is 35.5. The van der Waals surface area contributed by atoms with Crippen LogP contribution < -0.4 is 5.32 Å². The number of carbonyl (C=O) groups excluding carboxylic acids is 1. The first kappa shape index (κ1) is 15.0. The molecule has 1 amide bonds. The van der Waals surface area contributed by atoms with Gasteiger partial charge in [0.25, 0.3) is 5.91 Å². The number of halogens is 1. The van der Waals surface area contributed by atoms with Crippen LogP contribution >= 0.6 is 11.6 Å². The van der Waals surface area contributed by atoms with Gasteiger partial charge in [-0.15, -0.1) is 0 Å². The van der Waals surface area contributed by atoms with E-state index < -0.39 is 0 Å². The number of rotatable bonds is 7. The zero-order valence-electron chi connectivity index (χ0n) is 11.2. The van der Waals surface area contributed by atoms with Crippen LogP contribution in [0.2, 0.25) is 5.02 Å². The molecule has 1 unspecified atom stereocenters. The van der Waals surface area contributed by atoms with E-state index in [1.165, 1.54) is 25.7 Å². The van der Waals surface area contributed by atoms with Crippen molar-refractivity contribution in [3.63, 3.8) is 0 Å². The van der Waals surface area contributed by atoms with Gasteiger partial charge in [-0.1, -0.05) is 44.2 Å². The van der Waals surface area contributed by atoms with Gasteiger partial charge >= 0.3 is 0 Å². The van der Waals surface area contributed by atoms with Crippen LogP contribution in [-0.4, -0.2) is 11.9 Å². The molecule has 0 bridgehead atoms.